The van der Waals surface area contributed by atoms with Crippen LogP contribution in [0.15, 0.2) is 16.6 Å². The van der Waals surface area contributed by atoms with Gasteiger partial charge >= 0.3 is 6.18 Å². The van der Waals surface area contributed by atoms with E-state index in [9.17, 15) is 13.2 Å². The molecule has 1 aromatic rings. The van der Waals surface area contributed by atoms with E-state index >= 15 is 0 Å². The van der Waals surface area contributed by atoms with E-state index in [2.05, 4.69) is 20.7 Å². The molecule has 0 fully saturated rings. The van der Waals surface area contributed by atoms with Crippen LogP contribution in [0.5, 0.6) is 5.75 Å². The van der Waals surface area contributed by atoms with Crippen molar-refractivity contribution in [2.75, 3.05) is 26.4 Å². The van der Waals surface area contributed by atoms with Gasteiger partial charge in [0.15, 0.2) is 0 Å². The molecule has 0 unspecified atom stereocenters. The molecule has 3 nitrogen and oxygen atoms in total. The third kappa shape index (κ3) is 7.15. The van der Waals surface area contributed by atoms with Crippen molar-refractivity contribution < 1.29 is 22.6 Å². The molecule has 1 rings (SSSR count). The van der Waals surface area contributed by atoms with Crippen LogP contribution in [0.3, 0.4) is 0 Å². The number of hydrogen-bond acceptors (Lipinski definition) is 3. The lowest BCUT2D eigenvalue weighted by Crippen LogP contribution is -2.18. The number of halogens is 4. The highest BCUT2D eigenvalue weighted by Crippen LogP contribution is 2.28. The summed E-state index contributed by atoms with van der Waals surface area (Å²) in [6, 6.07) is 3.87. The number of hydrogen-bond donors (Lipinski definition) is 1. The molecule has 0 saturated heterocycles. The molecule has 0 aliphatic carbocycles. The van der Waals surface area contributed by atoms with E-state index in [1.807, 2.05) is 19.1 Å². The Balaban J connectivity index is 2.44. The maximum absolute atomic E-state index is 11.9. The zero-order chi connectivity index (χ0) is 15.9. The molecule has 7 heteroatoms. The molecular formula is C14H19BrF3NO2. The second-order valence-electron chi connectivity index (χ2n) is 4.62. The maximum atomic E-state index is 11.9. The van der Waals surface area contributed by atoms with Gasteiger partial charge in [-0.15, -0.1) is 0 Å². The lowest BCUT2D eigenvalue weighted by Gasteiger charge is -2.15. The molecule has 0 atom stereocenters. The number of benzene rings is 1. The summed E-state index contributed by atoms with van der Waals surface area (Å²) < 4.78 is 46.8. The standard InChI is InChI=1S/C14H19BrF3NO2/c1-10-7-12(15)8-11(3-4-19)13(10)21-6-2-5-20-9-14(16,17)18/h7-8H,2-6,9,19H2,1H3. The molecule has 0 amide bonds. The largest absolute Gasteiger partial charge is 0.493 e. The Kier molecular flexibility index (Phi) is 7.48. The van der Waals surface area contributed by atoms with E-state index in [0.717, 1.165) is 21.3 Å². The molecule has 1 aromatic carbocycles. The Labute approximate surface area is 130 Å². The fourth-order valence-corrected chi connectivity index (χ4v) is 2.49. The number of alkyl halides is 3. The maximum Gasteiger partial charge on any atom is 0.411 e. The van der Waals surface area contributed by atoms with Gasteiger partial charge in [0.1, 0.15) is 12.4 Å². The minimum absolute atomic E-state index is 0.0152. The van der Waals surface area contributed by atoms with E-state index in [1.54, 1.807) is 0 Å². The van der Waals surface area contributed by atoms with Crippen LogP contribution in [0.25, 0.3) is 0 Å². The molecule has 0 aliphatic rings. The van der Waals surface area contributed by atoms with Gasteiger partial charge in [-0.25, -0.2) is 0 Å². The smallest absolute Gasteiger partial charge is 0.411 e. The van der Waals surface area contributed by atoms with E-state index in [-0.39, 0.29) is 6.61 Å². The zero-order valence-corrected chi connectivity index (χ0v) is 13.4. The van der Waals surface area contributed by atoms with Crippen molar-refractivity contribution in [2.45, 2.75) is 25.9 Å². The first kappa shape index (κ1) is 18.3. The third-order valence-corrected chi connectivity index (χ3v) is 3.13. The molecule has 0 bridgehead atoms. The summed E-state index contributed by atoms with van der Waals surface area (Å²) in [5.74, 6) is 0.750. The molecule has 2 N–H and O–H groups in total. The highest BCUT2D eigenvalue weighted by Gasteiger charge is 2.27. The van der Waals surface area contributed by atoms with E-state index in [0.29, 0.717) is 26.0 Å². The van der Waals surface area contributed by atoms with Crippen molar-refractivity contribution >= 4 is 15.9 Å². The normalized spacial score (nSPS) is 11.7. The third-order valence-electron chi connectivity index (χ3n) is 2.68. The second kappa shape index (κ2) is 8.60. The summed E-state index contributed by atoms with van der Waals surface area (Å²) >= 11 is 3.42. The van der Waals surface area contributed by atoms with Crippen LogP contribution in [0.1, 0.15) is 17.5 Å². The fraction of sp³-hybridized carbons (Fsp3) is 0.571. The van der Waals surface area contributed by atoms with Crippen molar-refractivity contribution in [3.05, 3.63) is 27.7 Å². The predicted octanol–water partition coefficient (Wildman–Crippen LogP) is 3.61. The summed E-state index contributed by atoms with van der Waals surface area (Å²) in [6.45, 7) is 1.52. The van der Waals surface area contributed by atoms with Gasteiger partial charge < -0.3 is 15.2 Å². The average Bonchev–Trinajstić information content (AvgIpc) is 2.35. The van der Waals surface area contributed by atoms with Crippen molar-refractivity contribution in [3.63, 3.8) is 0 Å². The summed E-state index contributed by atoms with van der Waals surface area (Å²) in [6.07, 6.45) is -3.20. The molecule has 0 heterocycles. The first-order valence-corrected chi connectivity index (χ1v) is 7.39. The number of ether oxygens (including phenoxy) is 2. The van der Waals surface area contributed by atoms with Crippen molar-refractivity contribution in [2.24, 2.45) is 5.73 Å². The zero-order valence-electron chi connectivity index (χ0n) is 11.8. The number of aryl methyl sites for hydroxylation is 1. The molecular weight excluding hydrogens is 351 g/mol. The Morgan fingerprint density at radius 2 is 1.95 bits per heavy atom. The Morgan fingerprint density at radius 1 is 1.24 bits per heavy atom. The van der Waals surface area contributed by atoms with Crippen LogP contribution < -0.4 is 10.5 Å². The van der Waals surface area contributed by atoms with Crippen molar-refractivity contribution in [1.29, 1.82) is 0 Å². The van der Waals surface area contributed by atoms with Crippen LogP contribution in [-0.4, -0.2) is 32.5 Å². The van der Waals surface area contributed by atoms with Crippen LogP contribution in [0.2, 0.25) is 0 Å². The minimum atomic E-state index is -4.28. The first-order chi connectivity index (χ1) is 9.83. The Bertz CT molecular complexity index is 453. The van der Waals surface area contributed by atoms with E-state index in [4.69, 9.17) is 10.5 Å². The van der Waals surface area contributed by atoms with Gasteiger partial charge in [0, 0.05) is 10.9 Å². The van der Waals surface area contributed by atoms with Gasteiger partial charge in [0.25, 0.3) is 0 Å². The quantitative estimate of drug-likeness (QED) is 0.712. The molecule has 0 aliphatic heterocycles. The lowest BCUT2D eigenvalue weighted by molar-refractivity contribution is -0.174. The molecule has 0 radical (unpaired) electrons. The van der Waals surface area contributed by atoms with Crippen molar-refractivity contribution in [1.82, 2.24) is 0 Å². The van der Waals surface area contributed by atoms with Gasteiger partial charge in [-0.3, -0.25) is 0 Å². The number of nitrogens with two attached hydrogens (primary N) is 1. The monoisotopic (exact) mass is 369 g/mol. The van der Waals surface area contributed by atoms with Gasteiger partial charge in [-0.2, -0.15) is 13.2 Å². The molecule has 0 saturated carbocycles. The van der Waals surface area contributed by atoms with Crippen LogP contribution >= 0.6 is 15.9 Å². The Morgan fingerprint density at radius 3 is 2.57 bits per heavy atom. The van der Waals surface area contributed by atoms with Gasteiger partial charge in [-0.1, -0.05) is 15.9 Å². The fourth-order valence-electron chi connectivity index (χ4n) is 1.87. The average molecular weight is 370 g/mol. The molecule has 0 spiro atoms. The lowest BCUT2D eigenvalue weighted by atomic mass is 10.1. The second-order valence-corrected chi connectivity index (χ2v) is 5.54. The molecule has 21 heavy (non-hydrogen) atoms. The predicted molar refractivity (Wildman–Crippen MR) is 78.6 cm³/mol. The highest BCUT2D eigenvalue weighted by molar-refractivity contribution is 9.10. The van der Waals surface area contributed by atoms with Crippen LogP contribution in [-0.2, 0) is 11.2 Å². The summed E-state index contributed by atoms with van der Waals surface area (Å²) in [4.78, 5) is 0. The van der Waals surface area contributed by atoms with E-state index < -0.39 is 12.8 Å². The summed E-state index contributed by atoms with van der Waals surface area (Å²) in [5.41, 5.74) is 7.52. The van der Waals surface area contributed by atoms with Crippen molar-refractivity contribution in [3.8, 4) is 5.75 Å². The van der Waals surface area contributed by atoms with Crippen LogP contribution in [0.4, 0.5) is 13.2 Å². The van der Waals surface area contributed by atoms with Gasteiger partial charge in [-0.05, 0) is 43.1 Å². The summed E-state index contributed by atoms with van der Waals surface area (Å²) in [7, 11) is 0. The summed E-state index contributed by atoms with van der Waals surface area (Å²) in [5, 5.41) is 0. The first-order valence-electron chi connectivity index (χ1n) is 6.60. The molecule has 120 valence electrons. The Hall–Kier alpha value is -0.790. The highest BCUT2D eigenvalue weighted by atomic mass is 79.9. The molecule has 0 aromatic heterocycles. The minimum Gasteiger partial charge on any atom is -0.493 e. The van der Waals surface area contributed by atoms with Gasteiger partial charge in [0.05, 0.1) is 13.2 Å². The topological polar surface area (TPSA) is 44.5 Å². The van der Waals surface area contributed by atoms with Gasteiger partial charge in [0.2, 0.25) is 0 Å². The number of rotatable bonds is 8. The SMILES string of the molecule is Cc1cc(Br)cc(CCN)c1OCCCOCC(F)(F)F. The van der Waals surface area contributed by atoms with Crippen LogP contribution in [0, 0.1) is 6.92 Å². The van der Waals surface area contributed by atoms with E-state index in [1.165, 1.54) is 0 Å².